The highest BCUT2D eigenvalue weighted by Gasteiger charge is 2.27. The van der Waals surface area contributed by atoms with Crippen LogP contribution in [0.4, 0.5) is 5.69 Å². The Kier molecular flexibility index (Phi) is 4.20. The van der Waals surface area contributed by atoms with Crippen LogP contribution in [-0.2, 0) is 4.74 Å². The van der Waals surface area contributed by atoms with Gasteiger partial charge >= 0.3 is 0 Å². The first-order valence-corrected chi connectivity index (χ1v) is 7.61. The van der Waals surface area contributed by atoms with Crippen molar-refractivity contribution in [3.63, 3.8) is 0 Å². The van der Waals surface area contributed by atoms with Crippen molar-refractivity contribution in [3.8, 4) is 0 Å². The van der Waals surface area contributed by atoms with Gasteiger partial charge in [0.1, 0.15) is 6.10 Å². The molecular weight excluding hydrogens is 266 g/mol. The molecule has 0 amide bonds. The molecule has 0 fully saturated rings. The number of nitrogens with one attached hydrogen (secondary N) is 1. The number of nitrogens with zero attached hydrogens (tertiary/aromatic N) is 2. The summed E-state index contributed by atoms with van der Waals surface area (Å²) in [7, 11) is 0. The van der Waals surface area contributed by atoms with E-state index in [1.54, 1.807) is 0 Å². The minimum Gasteiger partial charge on any atom is -0.385 e. The maximum atomic E-state index is 5.65. The summed E-state index contributed by atoms with van der Waals surface area (Å²) in [5, 5.41) is 7.53. The number of benzene rings is 1. The summed E-state index contributed by atoms with van der Waals surface area (Å²) < 4.78 is 11.2. The average Bonchev–Trinajstić information content (AvgIpc) is 3.01. The number of anilines is 1. The van der Waals surface area contributed by atoms with E-state index in [0.29, 0.717) is 18.3 Å². The fourth-order valence-corrected chi connectivity index (χ4v) is 2.82. The predicted octanol–water partition coefficient (Wildman–Crippen LogP) is 3.50. The number of rotatable bonds is 5. The zero-order valence-corrected chi connectivity index (χ0v) is 12.5. The van der Waals surface area contributed by atoms with E-state index >= 15 is 0 Å². The maximum absolute atomic E-state index is 5.65. The van der Waals surface area contributed by atoms with Gasteiger partial charge < -0.3 is 14.6 Å². The molecule has 0 saturated carbocycles. The van der Waals surface area contributed by atoms with E-state index in [9.17, 15) is 0 Å². The van der Waals surface area contributed by atoms with Gasteiger partial charge in [0.05, 0.1) is 5.92 Å². The van der Waals surface area contributed by atoms with Crippen molar-refractivity contribution in [3.05, 3.63) is 41.5 Å². The lowest BCUT2D eigenvalue weighted by molar-refractivity contribution is 0.0518. The number of fused-ring (bicyclic) bond motifs is 1. The molecular formula is C16H21N3O2. The predicted molar refractivity (Wildman–Crippen MR) is 80.3 cm³/mol. The Hall–Kier alpha value is -1.88. The smallest absolute Gasteiger partial charge is 0.234 e. The summed E-state index contributed by atoms with van der Waals surface area (Å²) in [6, 6.07) is 8.30. The van der Waals surface area contributed by atoms with Crippen LogP contribution in [0.3, 0.4) is 0 Å². The van der Waals surface area contributed by atoms with Crippen LogP contribution in [0, 0.1) is 0 Å². The van der Waals surface area contributed by atoms with Gasteiger partial charge in [0.2, 0.25) is 11.7 Å². The first-order valence-electron chi connectivity index (χ1n) is 7.61. The Morgan fingerprint density at radius 1 is 1.38 bits per heavy atom. The SMILES string of the molecule is CCOC(CC)c1noc(C2CCNc3ccccc32)n1. The minimum atomic E-state index is -0.0792. The molecule has 0 saturated heterocycles. The van der Waals surface area contributed by atoms with Gasteiger partial charge in [-0.15, -0.1) is 0 Å². The number of para-hydroxylation sites is 1. The molecule has 2 aromatic rings. The second-order valence-corrected chi connectivity index (χ2v) is 5.20. The van der Waals surface area contributed by atoms with Crippen LogP contribution in [0.5, 0.6) is 0 Å². The quantitative estimate of drug-likeness (QED) is 0.912. The first-order chi connectivity index (χ1) is 10.3. The second-order valence-electron chi connectivity index (χ2n) is 5.20. The topological polar surface area (TPSA) is 60.2 Å². The van der Waals surface area contributed by atoms with Gasteiger partial charge in [0.25, 0.3) is 0 Å². The van der Waals surface area contributed by atoms with E-state index in [0.717, 1.165) is 25.1 Å². The highest BCUT2D eigenvalue weighted by Crippen LogP contribution is 2.36. The molecule has 112 valence electrons. The van der Waals surface area contributed by atoms with Crippen molar-refractivity contribution in [2.75, 3.05) is 18.5 Å². The van der Waals surface area contributed by atoms with Gasteiger partial charge in [0.15, 0.2) is 0 Å². The summed E-state index contributed by atoms with van der Waals surface area (Å²) in [5.74, 6) is 1.52. The molecule has 3 rings (SSSR count). The van der Waals surface area contributed by atoms with Crippen LogP contribution in [-0.4, -0.2) is 23.3 Å². The zero-order chi connectivity index (χ0) is 14.7. The van der Waals surface area contributed by atoms with Crippen LogP contribution < -0.4 is 5.32 Å². The van der Waals surface area contributed by atoms with Crippen LogP contribution in [0.1, 0.15) is 56.0 Å². The van der Waals surface area contributed by atoms with E-state index in [4.69, 9.17) is 9.26 Å². The number of ether oxygens (including phenoxy) is 1. The standard InChI is InChI=1S/C16H21N3O2/c1-3-14(20-4-2)15-18-16(21-19-15)12-9-10-17-13-8-6-5-7-11(12)13/h5-8,12,14,17H,3-4,9-10H2,1-2H3. The van der Waals surface area contributed by atoms with Crippen LogP contribution >= 0.6 is 0 Å². The molecule has 1 aromatic heterocycles. The Balaban J connectivity index is 1.87. The lowest BCUT2D eigenvalue weighted by atomic mass is 9.91. The molecule has 0 radical (unpaired) electrons. The molecule has 2 heterocycles. The Morgan fingerprint density at radius 2 is 2.24 bits per heavy atom. The third-order valence-electron chi connectivity index (χ3n) is 3.87. The second kappa shape index (κ2) is 6.26. The molecule has 5 heteroatoms. The summed E-state index contributed by atoms with van der Waals surface area (Å²) in [6.07, 6.45) is 1.73. The van der Waals surface area contributed by atoms with Gasteiger partial charge in [-0.05, 0) is 31.4 Å². The normalized spacial score (nSPS) is 18.9. The molecule has 21 heavy (non-hydrogen) atoms. The average molecular weight is 287 g/mol. The van der Waals surface area contributed by atoms with Gasteiger partial charge in [-0.25, -0.2) is 0 Å². The third kappa shape index (κ3) is 2.78. The molecule has 1 aromatic carbocycles. The van der Waals surface area contributed by atoms with E-state index in [1.807, 2.05) is 19.1 Å². The van der Waals surface area contributed by atoms with Gasteiger partial charge in [-0.1, -0.05) is 30.3 Å². The highest BCUT2D eigenvalue weighted by atomic mass is 16.5. The van der Waals surface area contributed by atoms with Gasteiger partial charge in [0, 0.05) is 18.8 Å². The molecule has 1 aliphatic heterocycles. The number of hydrogen-bond acceptors (Lipinski definition) is 5. The molecule has 2 unspecified atom stereocenters. The van der Waals surface area contributed by atoms with Crippen molar-refractivity contribution < 1.29 is 9.26 Å². The molecule has 1 aliphatic rings. The molecule has 0 bridgehead atoms. The fraction of sp³-hybridized carbons (Fsp3) is 0.500. The molecule has 0 spiro atoms. The Morgan fingerprint density at radius 3 is 3.05 bits per heavy atom. The van der Waals surface area contributed by atoms with Crippen molar-refractivity contribution in [1.82, 2.24) is 10.1 Å². The Labute approximate surface area is 124 Å². The molecule has 5 nitrogen and oxygen atoms in total. The van der Waals surface area contributed by atoms with E-state index in [-0.39, 0.29) is 12.0 Å². The summed E-state index contributed by atoms with van der Waals surface area (Å²) in [6.45, 7) is 5.61. The molecule has 2 atom stereocenters. The van der Waals surface area contributed by atoms with Crippen molar-refractivity contribution in [1.29, 1.82) is 0 Å². The molecule has 1 N–H and O–H groups in total. The largest absolute Gasteiger partial charge is 0.385 e. The minimum absolute atomic E-state index is 0.0792. The van der Waals surface area contributed by atoms with Crippen molar-refractivity contribution in [2.24, 2.45) is 0 Å². The van der Waals surface area contributed by atoms with Gasteiger partial charge in [-0.3, -0.25) is 0 Å². The monoisotopic (exact) mass is 287 g/mol. The first kappa shape index (κ1) is 14.1. The molecule has 0 aliphatic carbocycles. The number of aromatic nitrogens is 2. The van der Waals surface area contributed by atoms with Crippen LogP contribution in [0.2, 0.25) is 0 Å². The van der Waals surface area contributed by atoms with Crippen molar-refractivity contribution in [2.45, 2.75) is 38.7 Å². The van der Waals surface area contributed by atoms with Crippen molar-refractivity contribution >= 4 is 5.69 Å². The number of hydrogen-bond donors (Lipinski definition) is 1. The zero-order valence-electron chi connectivity index (χ0n) is 12.5. The summed E-state index contributed by atoms with van der Waals surface area (Å²) in [5.41, 5.74) is 2.38. The van der Waals surface area contributed by atoms with E-state index < -0.39 is 0 Å². The van der Waals surface area contributed by atoms with E-state index in [1.165, 1.54) is 5.56 Å². The highest BCUT2D eigenvalue weighted by molar-refractivity contribution is 5.56. The summed E-state index contributed by atoms with van der Waals surface area (Å²) in [4.78, 5) is 4.59. The third-order valence-corrected chi connectivity index (χ3v) is 3.87. The lowest BCUT2D eigenvalue weighted by Crippen LogP contribution is -2.17. The van der Waals surface area contributed by atoms with Crippen LogP contribution in [0.15, 0.2) is 28.8 Å². The maximum Gasteiger partial charge on any atom is 0.234 e. The van der Waals surface area contributed by atoms with Gasteiger partial charge in [-0.2, -0.15) is 4.98 Å². The lowest BCUT2D eigenvalue weighted by Gasteiger charge is -2.23. The Bertz CT molecular complexity index is 597. The summed E-state index contributed by atoms with van der Waals surface area (Å²) >= 11 is 0. The van der Waals surface area contributed by atoms with E-state index in [2.05, 4.69) is 34.5 Å². The van der Waals surface area contributed by atoms with Crippen LogP contribution in [0.25, 0.3) is 0 Å². The fourth-order valence-electron chi connectivity index (χ4n) is 2.82.